The van der Waals surface area contributed by atoms with Crippen LogP contribution in [-0.2, 0) is 19.6 Å². The quantitative estimate of drug-likeness (QED) is 0.673. The Hall–Kier alpha value is -2.50. The van der Waals surface area contributed by atoms with Crippen molar-refractivity contribution in [3.05, 3.63) is 35.3 Å². The van der Waals surface area contributed by atoms with Gasteiger partial charge in [0.1, 0.15) is 0 Å². The molecule has 168 valence electrons. The summed E-state index contributed by atoms with van der Waals surface area (Å²) >= 11 is 1.59. The van der Waals surface area contributed by atoms with Crippen LogP contribution >= 0.6 is 11.3 Å². The Morgan fingerprint density at radius 3 is 2.45 bits per heavy atom. The number of nitrogens with one attached hydrogen (secondary N) is 2. The van der Waals surface area contributed by atoms with E-state index in [1.807, 2.05) is 12.3 Å². The number of hydrogen-bond donors (Lipinski definition) is 2. The van der Waals surface area contributed by atoms with E-state index < -0.39 is 16.1 Å². The number of amides is 2. The van der Waals surface area contributed by atoms with E-state index in [4.69, 9.17) is 0 Å². The first-order chi connectivity index (χ1) is 14.7. The van der Waals surface area contributed by atoms with Gasteiger partial charge in [-0.2, -0.15) is 4.72 Å². The lowest BCUT2D eigenvalue weighted by atomic mass is 10.3. The number of anilines is 2. The largest absolute Gasteiger partial charge is 0.346 e. The molecule has 3 rings (SSSR count). The SMILES string of the molecule is CC(=O)Nc1ccc(S(=O)(=O)N[C@@H](C)C(=O)N2CCCN(c3nc(C)cs3)CC2)cc1. The molecule has 0 radical (unpaired) electrons. The van der Waals surface area contributed by atoms with Crippen LogP contribution in [0.4, 0.5) is 10.8 Å². The molecule has 2 aromatic rings. The summed E-state index contributed by atoms with van der Waals surface area (Å²) in [5.74, 6) is -0.496. The molecule has 0 saturated carbocycles. The molecule has 1 aromatic carbocycles. The molecule has 1 saturated heterocycles. The fourth-order valence-corrected chi connectivity index (χ4v) is 5.42. The van der Waals surface area contributed by atoms with Crippen LogP contribution in [0.1, 0.15) is 26.0 Å². The highest BCUT2D eigenvalue weighted by molar-refractivity contribution is 7.89. The standard InChI is InChI=1S/C20H27N5O4S2/c1-14-13-30-20(21-14)25-10-4-9-24(11-12-25)19(27)15(2)23-31(28,29)18-7-5-17(6-8-18)22-16(3)26/h5-8,13,15,23H,4,9-12H2,1-3H3,(H,22,26)/t15-/m0/s1. The molecule has 1 aromatic heterocycles. The molecule has 0 aliphatic carbocycles. The van der Waals surface area contributed by atoms with Crippen LogP contribution in [0.2, 0.25) is 0 Å². The summed E-state index contributed by atoms with van der Waals surface area (Å²) in [5.41, 5.74) is 1.48. The van der Waals surface area contributed by atoms with Crippen LogP contribution in [0.15, 0.2) is 34.5 Å². The number of carbonyl (C=O) groups is 2. The zero-order chi connectivity index (χ0) is 22.6. The van der Waals surface area contributed by atoms with Crippen molar-refractivity contribution in [2.24, 2.45) is 0 Å². The van der Waals surface area contributed by atoms with E-state index in [0.717, 1.165) is 23.8 Å². The summed E-state index contributed by atoms with van der Waals surface area (Å²) in [6, 6.07) is 4.90. The third-order valence-electron chi connectivity index (χ3n) is 4.87. The highest BCUT2D eigenvalue weighted by atomic mass is 32.2. The van der Waals surface area contributed by atoms with E-state index in [9.17, 15) is 18.0 Å². The predicted octanol–water partition coefficient (Wildman–Crippen LogP) is 1.82. The Bertz CT molecular complexity index is 1040. The fourth-order valence-electron chi connectivity index (χ4n) is 3.36. The third kappa shape index (κ3) is 6.02. The molecular weight excluding hydrogens is 438 g/mol. The van der Waals surface area contributed by atoms with Crippen LogP contribution in [0.25, 0.3) is 0 Å². The Balaban J connectivity index is 1.60. The van der Waals surface area contributed by atoms with Crippen LogP contribution in [0, 0.1) is 6.92 Å². The molecule has 1 atom stereocenters. The smallest absolute Gasteiger partial charge is 0.241 e. The molecule has 31 heavy (non-hydrogen) atoms. The fraction of sp³-hybridized carbons (Fsp3) is 0.450. The van der Waals surface area contributed by atoms with E-state index in [0.29, 0.717) is 25.3 Å². The molecule has 9 nitrogen and oxygen atoms in total. The predicted molar refractivity (Wildman–Crippen MR) is 121 cm³/mol. The normalized spacial score (nSPS) is 16.0. The molecule has 2 N–H and O–H groups in total. The second-order valence-corrected chi connectivity index (χ2v) is 10.0. The number of sulfonamides is 1. The number of thiazole rings is 1. The molecule has 1 aliphatic rings. The summed E-state index contributed by atoms with van der Waals surface area (Å²) < 4.78 is 27.8. The van der Waals surface area contributed by atoms with Gasteiger partial charge >= 0.3 is 0 Å². The number of nitrogens with zero attached hydrogens (tertiary/aromatic N) is 3. The van der Waals surface area contributed by atoms with Crippen LogP contribution in [0.5, 0.6) is 0 Å². The topological polar surface area (TPSA) is 112 Å². The third-order valence-corrected chi connectivity index (χ3v) is 7.45. The van der Waals surface area contributed by atoms with Crippen molar-refractivity contribution >= 4 is 44.0 Å². The number of benzene rings is 1. The molecule has 1 fully saturated rings. The highest BCUT2D eigenvalue weighted by Crippen LogP contribution is 2.22. The lowest BCUT2D eigenvalue weighted by molar-refractivity contribution is -0.132. The van der Waals surface area contributed by atoms with Gasteiger partial charge in [-0.05, 0) is 44.5 Å². The van der Waals surface area contributed by atoms with Crippen molar-refractivity contribution < 1.29 is 18.0 Å². The zero-order valence-corrected chi connectivity index (χ0v) is 19.4. The Kier molecular flexibility index (Phi) is 7.29. The molecule has 2 amide bonds. The minimum Gasteiger partial charge on any atom is -0.346 e. The van der Waals surface area contributed by atoms with Gasteiger partial charge in [0.2, 0.25) is 21.8 Å². The van der Waals surface area contributed by atoms with Crippen molar-refractivity contribution in [1.29, 1.82) is 0 Å². The molecule has 0 spiro atoms. The summed E-state index contributed by atoms with van der Waals surface area (Å²) in [6.07, 6.45) is 0.786. The molecular formula is C20H27N5O4S2. The second kappa shape index (κ2) is 9.75. The van der Waals surface area contributed by atoms with E-state index >= 15 is 0 Å². The van der Waals surface area contributed by atoms with Crippen molar-refractivity contribution in [2.45, 2.75) is 38.1 Å². The number of carbonyl (C=O) groups excluding carboxylic acids is 2. The molecule has 2 heterocycles. The second-order valence-electron chi connectivity index (χ2n) is 7.49. The van der Waals surface area contributed by atoms with Gasteiger partial charge in [-0.15, -0.1) is 11.3 Å². The van der Waals surface area contributed by atoms with Gasteiger partial charge in [-0.3, -0.25) is 9.59 Å². The van der Waals surface area contributed by atoms with Crippen LogP contribution < -0.4 is 14.9 Å². The Morgan fingerprint density at radius 1 is 1.13 bits per heavy atom. The lowest BCUT2D eigenvalue weighted by Crippen LogP contribution is -2.47. The zero-order valence-electron chi connectivity index (χ0n) is 17.8. The minimum absolute atomic E-state index is 0.0300. The maximum absolute atomic E-state index is 12.9. The van der Waals surface area contributed by atoms with Crippen LogP contribution in [0.3, 0.4) is 0 Å². The molecule has 1 aliphatic heterocycles. The summed E-state index contributed by atoms with van der Waals surface area (Å²) in [7, 11) is -3.88. The first kappa shape index (κ1) is 23.2. The monoisotopic (exact) mass is 465 g/mol. The molecule has 0 bridgehead atoms. The molecule has 0 unspecified atom stereocenters. The van der Waals surface area contributed by atoms with Gasteiger partial charge in [0.15, 0.2) is 5.13 Å². The van der Waals surface area contributed by atoms with Gasteiger partial charge in [-0.1, -0.05) is 0 Å². The number of hydrogen-bond acceptors (Lipinski definition) is 7. The summed E-state index contributed by atoms with van der Waals surface area (Å²) in [6.45, 7) is 7.42. The Morgan fingerprint density at radius 2 is 1.84 bits per heavy atom. The van der Waals surface area contributed by atoms with Gasteiger partial charge in [0.25, 0.3) is 0 Å². The van der Waals surface area contributed by atoms with E-state index in [1.54, 1.807) is 23.2 Å². The van der Waals surface area contributed by atoms with Gasteiger partial charge < -0.3 is 15.1 Å². The average Bonchev–Trinajstić information content (AvgIpc) is 2.99. The van der Waals surface area contributed by atoms with Gasteiger partial charge in [0, 0.05) is 44.2 Å². The van der Waals surface area contributed by atoms with Crippen molar-refractivity contribution in [1.82, 2.24) is 14.6 Å². The highest BCUT2D eigenvalue weighted by Gasteiger charge is 2.27. The van der Waals surface area contributed by atoms with Crippen molar-refractivity contribution in [3.63, 3.8) is 0 Å². The van der Waals surface area contributed by atoms with E-state index in [2.05, 4.69) is 19.9 Å². The van der Waals surface area contributed by atoms with Crippen molar-refractivity contribution in [3.8, 4) is 0 Å². The molecule has 11 heteroatoms. The maximum Gasteiger partial charge on any atom is 0.241 e. The van der Waals surface area contributed by atoms with Crippen LogP contribution in [-0.4, -0.2) is 62.3 Å². The number of aryl methyl sites for hydroxylation is 1. The first-order valence-electron chi connectivity index (χ1n) is 10.0. The summed E-state index contributed by atoms with van der Waals surface area (Å²) in [5, 5.41) is 5.54. The van der Waals surface area contributed by atoms with Gasteiger partial charge in [-0.25, -0.2) is 13.4 Å². The number of rotatable bonds is 6. The number of aromatic nitrogens is 1. The van der Waals surface area contributed by atoms with Gasteiger partial charge in [0.05, 0.1) is 16.6 Å². The minimum atomic E-state index is -3.88. The maximum atomic E-state index is 12.9. The first-order valence-corrected chi connectivity index (χ1v) is 12.4. The summed E-state index contributed by atoms with van der Waals surface area (Å²) in [4.78, 5) is 32.4. The lowest BCUT2D eigenvalue weighted by Gasteiger charge is -2.25. The average molecular weight is 466 g/mol. The van der Waals surface area contributed by atoms with Crippen molar-refractivity contribution in [2.75, 3.05) is 36.4 Å². The Labute approximate surface area is 186 Å². The van der Waals surface area contributed by atoms with E-state index in [-0.39, 0.29) is 16.7 Å². The van der Waals surface area contributed by atoms with E-state index in [1.165, 1.54) is 31.2 Å².